The fraction of sp³-hybridized carbons (Fsp3) is 0.0556. The summed E-state index contributed by atoms with van der Waals surface area (Å²) in [7, 11) is 0. The van der Waals surface area contributed by atoms with Crippen molar-refractivity contribution in [1.29, 1.82) is 0 Å². The van der Waals surface area contributed by atoms with E-state index in [-0.39, 0.29) is 0 Å². The highest BCUT2D eigenvalue weighted by Crippen LogP contribution is 2.09. The van der Waals surface area contributed by atoms with E-state index in [9.17, 15) is 9.59 Å². The molecule has 0 unspecified atom stereocenters. The van der Waals surface area contributed by atoms with Crippen molar-refractivity contribution in [2.24, 2.45) is 0 Å². The van der Waals surface area contributed by atoms with Crippen LogP contribution < -0.4 is 10.9 Å². The lowest BCUT2D eigenvalue weighted by Crippen LogP contribution is -2.40. The third kappa shape index (κ3) is 4.03. The Balaban J connectivity index is 1.55. The number of para-hydroxylation sites is 1. The van der Waals surface area contributed by atoms with E-state index < -0.39 is 11.8 Å². The second kappa shape index (κ2) is 7.31. The Morgan fingerprint density at radius 2 is 1.96 bits per heavy atom. The maximum Gasteiger partial charge on any atom is 0.273 e. The molecule has 0 spiro atoms. The van der Waals surface area contributed by atoms with Crippen molar-refractivity contribution in [1.82, 2.24) is 20.6 Å². The molecule has 0 radical (unpaired) electrons. The van der Waals surface area contributed by atoms with Gasteiger partial charge in [0.25, 0.3) is 11.8 Å². The second-order valence-corrected chi connectivity index (χ2v) is 5.22. The van der Waals surface area contributed by atoms with Crippen molar-refractivity contribution in [2.45, 2.75) is 6.92 Å². The number of aromatic nitrogens is 2. The molecule has 7 heteroatoms. The minimum atomic E-state index is -0.457. The molecular formula is C18H16N4O3. The number of carbonyl (C=O) groups is 2. The second-order valence-electron chi connectivity index (χ2n) is 5.22. The van der Waals surface area contributed by atoms with E-state index in [1.807, 2.05) is 30.3 Å². The Labute approximate surface area is 143 Å². The average molecular weight is 336 g/mol. The Morgan fingerprint density at radius 3 is 2.68 bits per heavy atom. The molecule has 0 bridgehead atoms. The summed E-state index contributed by atoms with van der Waals surface area (Å²) in [4.78, 5) is 23.6. The van der Waals surface area contributed by atoms with Gasteiger partial charge >= 0.3 is 0 Å². The third-order valence-electron chi connectivity index (χ3n) is 3.45. The van der Waals surface area contributed by atoms with Gasteiger partial charge in [0.2, 0.25) is 0 Å². The van der Waals surface area contributed by atoms with Crippen LogP contribution in [0.15, 0.2) is 65.5 Å². The minimum absolute atomic E-state index is 0.369. The predicted octanol–water partition coefficient (Wildman–Crippen LogP) is 2.25. The molecule has 0 aliphatic carbocycles. The molecule has 7 nitrogen and oxygen atoms in total. The fourth-order valence-corrected chi connectivity index (χ4v) is 2.16. The van der Waals surface area contributed by atoms with Gasteiger partial charge in [-0.15, -0.1) is 0 Å². The molecule has 2 N–H and O–H groups in total. The van der Waals surface area contributed by atoms with Crippen LogP contribution >= 0.6 is 0 Å². The van der Waals surface area contributed by atoms with Crippen LogP contribution in [0, 0.1) is 6.92 Å². The SMILES string of the molecule is Cc1occc1C(=O)NNC(=O)/C=C/c1cnn(-c2ccccc2)c1. The summed E-state index contributed by atoms with van der Waals surface area (Å²) in [6.45, 7) is 1.67. The number of rotatable bonds is 4. The van der Waals surface area contributed by atoms with E-state index in [0.717, 1.165) is 11.3 Å². The first-order valence-electron chi connectivity index (χ1n) is 7.56. The summed E-state index contributed by atoms with van der Waals surface area (Å²) >= 11 is 0. The molecule has 0 fully saturated rings. The van der Waals surface area contributed by atoms with E-state index in [4.69, 9.17) is 4.42 Å². The molecule has 2 aromatic heterocycles. The molecule has 2 heterocycles. The van der Waals surface area contributed by atoms with Crippen LogP contribution in [0.3, 0.4) is 0 Å². The quantitative estimate of drug-likeness (QED) is 0.565. The van der Waals surface area contributed by atoms with Gasteiger partial charge in [0.15, 0.2) is 0 Å². The number of nitrogens with zero attached hydrogens (tertiary/aromatic N) is 2. The lowest BCUT2D eigenvalue weighted by Gasteiger charge is -2.03. The molecule has 0 aliphatic heterocycles. The number of nitrogens with one attached hydrogen (secondary N) is 2. The highest BCUT2D eigenvalue weighted by molar-refractivity contribution is 5.98. The van der Waals surface area contributed by atoms with Crippen LogP contribution in [-0.4, -0.2) is 21.6 Å². The Bertz CT molecular complexity index is 909. The number of aryl methyl sites for hydroxylation is 1. The molecule has 3 aromatic rings. The Kier molecular flexibility index (Phi) is 4.75. The topological polar surface area (TPSA) is 89.2 Å². The molecule has 1 aromatic carbocycles. The van der Waals surface area contributed by atoms with E-state index in [1.54, 1.807) is 30.1 Å². The Morgan fingerprint density at radius 1 is 1.16 bits per heavy atom. The monoisotopic (exact) mass is 336 g/mol. The summed E-state index contributed by atoms with van der Waals surface area (Å²) in [5.41, 5.74) is 6.69. The molecule has 126 valence electrons. The molecule has 0 saturated heterocycles. The first-order valence-corrected chi connectivity index (χ1v) is 7.56. The summed E-state index contributed by atoms with van der Waals surface area (Å²) in [5.74, 6) is -0.414. The number of hydrazine groups is 1. The molecule has 0 atom stereocenters. The zero-order valence-electron chi connectivity index (χ0n) is 13.5. The van der Waals surface area contributed by atoms with Crippen molar-refractivity contribution >= 4 is 17.9 Å². The number of carbonyl (C=O) groups excluding carboxylic acids is 2. The van der Waals surface area contributed by atoms with Crippen LogP contribution in [0.25, 0.3) is 11.8 Å². The summed E-state index contributed by atoms with van der Waals surface area (Å²) in [6.07, 6.45) is 7.78. The van der Waals surface area contributed by atoms with Crippen molar-refractivity contribution < 1.29 is 14.0 Å². The third-order valence-corrected chi connectivity index (χ3v) is 3.45. The maximum absolute atomic E-state index is 11.8. The van der Waals surface area contributed by atoms with Crippen molar-refractivity contribution in [3.05, 3.63) is 78.0 Å². The summed E-state index contributed by atoms with van der Waals surface area (Å²) in [6, 6.07) is 11.2. The maximum atomic E-state index is 11.8. The van der Waals surface area contributed by atoms with E-state index in [1.165, 1.54) is 18.4 Å². The van der Waals surface area contributed by atoms with Gasteiger partial charge < -0.3 is 4.42 Å². The number of amides is 2. The highest BCUT2D eigenvalue weighted by atomic mass is 16.3. The van der Waals surface area contributed by atoms with Gasteiger partial charge in [-0.1, -0.05) is 18.2 Å². The lowest BCUT2D eigenvalue weighted by atomic mass is 10.2. The lowest BCUT2D eigenvalue weighted by molar-refractivity contribution is -0.117. The van der Waals surface area contributed by atoms with Gasteiger partial charge in [-0.25, -0.2) is 4.68 Å². The van der Waals surface area contributed by atoms with E-state index >= 15 is 0 Å². The molecule has 0 aliphatic rings. The highest BCUT2D eigenvalue weighted by Gasteiger charge is 2.11. The molecule has 25 heavy (non-hydrogen) atoms. The average Bonchev–Trinajstić information content (AvgIpc) is 3.27. The van der Waals surface area contributed by atoms with E-state index in [2.05, 4.69) is 16.0 Å². The number of benzene rings is 1. The van der Waals surface area contributed by atoms with Crippen LogP contribution in [0.2, 0.25) is 0 Å². The van der Waals surface area contributed by atoms with Crippen LogP contribution in [0.4, 0.5) is 0 Å². The van der Waals surface area contributed by atoms with Gasteiger partial charge in [0, 0.05) is 17.8 Å². The fourth-order valence-electron chi connectivity index (χ4n) is 2.16. The van der Waals surface area contributed by atoms with Crippen LogP contribution in [0.5, 0.6) is 0 Å². The first-order chi connectivity index (χ1) is 12.1. The Hall–Kier alpha value is -3.61. The first kappa shape index (κ1) is 16.3. The molecule has 0 saturated carbocycles. The van der Waals surface area contributed by atoms with Gasteiger partial charge in [-0.2, -0.15) is 5.10 Å². The van der Waals surface area contributed by atoms with Crippen LogP contribution in [-0.2, 0) is 4.79 Å². The van der Waals surface area contributed by atoms with Crippen LogP contribution in [0.1, 0.15) is 21.7 Å². The van der Waals surface area contributed by atoms with Gasteiger partial charge in [-0.05, 0) is 31.2 Å². The summed E-state index contributed by atoms with van der Waals surface area (Å²) < 4.78 is 6.75. The number of furan rings is 1. The van der Waals surface area contributed by atoms with Crippen molar-refractivity contribution in [3.63, 3.8) is 0 Å². The van der Waals surface area contributed by atoms with Gasteiger partial charge in [0.05, 0.1) is 23.7 Å². The molecule has 3 rings (SSSR count). The number of hydrogen-bond acceptors (Lipinski definition) is 4. The predicted molar refractivity (Wildman–Crippen MR) is 91.7 cm³/mol. The van der Waals surface area contributed by atoms with Gasteiger partial charge in [0.1, 0.15) is 5.76 Å². The van der Waals surface area contributed by atoms with E-state index in [0.29, 0.717) is 11.3 Å². The van der Waals surface area contributed by atoms with Gasteiger partial charge in [-0.3, -0.25) is 20.4 Å². The zero-order valence-corrected chi connectivity index (χ0v) is 13.5. The normalized spacial score (nSPS) is 10.8. The standard InChI is InChI=1S/C18H16N4O3/c1-13-16(9-10-25-13)18(24)21-20-17(23)8-7-14-11-19-22(12-14)15-5-3-2-4-6-15/h2-12H,1H3,(H,20,23)(H,21,24)/b8-7+. The largest absolute Gasteiger partial charge is 0.469 e. The number of hydrogen-bond donors (Lipinski definition) is 2. The molecular weight excluding hydrogens is 320 g/mol. The zero-order chi connectivity index (χ0) is 17.6. The van der Waals surface area contributed by atoms with Crippen molar-refractivity contribution in [2.75, 3.05) is 0 Å². The molecule has 2 amide bonds. The minimum Gasteiger partial charge on any atom is -0.469 e. The smallest absolute Gasteiger partial charge is 0.273 e. The summed E-state index contributed by atoms with van der Waals surface area (Å²) in [5, 5.41) is 4.24. The van der Waals surface area contributed by atoms with Crippen molar-refractivity contribution in [3.8, 4) is 5.69 Å².